The van der Waals surface area contributed by atoms with Gasteiger partial charge in [-0.25, -0.2) is 8.42 Å². The number of anilines is 1. The Hall–Kier alpha value is -1.49. The maximum Gasteiger partial charge on any atom is 0.252 e. The summed E-state index contributed by atoms with van der Waals surface area (Å²) >= 11 is 1.27. The lowest BCUT2D eigenvalue weighted by atomic mass is 9.98. The molecule has 33 heavy (non-hydrogen) atoms. The number of sulfonamides is 1. The van der Waals surface area contributed by atoms with E-state index in [9.17, 15) is 13.5 Å². The summed E-state index contributed by atoms with van der Waals surface area (Å²) in [4.78, 5) is 4.70. The third kappa shape index (κ3) is 5.61. The second kappa shape index (κ2) is 9.28. The van der Waals surface area contributed by atoms with Crippen LogP contribution in [0.5, 0.6) is 0 Å². The van der Waals surface area contributed by atoms with Crippen LogP contribution >= 0.6 is 11.3 Å². The van der Waals surface area contributed by atoms with Gasteiger partial charge in [-0.05, 0) is 56.8 Å². The molecule has 1 aromatic carbocycles. The van der Waals surface area contributed by atoms with Gasteiger partial charge in [-0.2, -0.15) is 4.31 Å². The molecular weight excluding hydrogens is 458 g/mol. The summed E-state index contributed by atoms with van der Waals surface area (Å²) in [5.41, 5.74) is 0.796. The van der Waals surface area contributed by atoms with Crippen molar-refractivity contribution in [2.45, 2.75) is 49.1 Å². The molecule has 7 nitrogen and oxygen atoms in total. The SMILES string of the molecule is CC1(C)CN(C[C@H]2CN(S(=O)(=O)c3cccs3)CCN2c2ccc(C(C)(C)O)cc2)CCO1. The number of hydrogen-bond acceptors (Lipinski definition) is 7. The van der Waals surface area contributed by atoms with Crippen LogP contribution in [0.1, 0.15) is 33.3 Å². The molecule has 2 aliphatic heterocycles. The number of morpholine rings is 1. The quantitative estimate of drug-likeness (QED) is 0.667. The fraction of sp³-hybridized carbons (Fsp3) is 0.583. The van der Waals surface area contributed by atoms with Gasteiger partial charge in [0.1, 0.15) is 4.21 Å². The first-order valence-corrected chi connectivity index (χ1v) is 13.8. The van der Waals surface area contributed by atoms with Gasteiger partial charge in [-0.15, -0.1) is 11.3 Å². The number of thiophene rings is 1. The Morgan fingerprint density at radius 2 is 1.88 bits per heavy atom. The fourth-order valence-corrected chi connectivity index (χ4v) is 7.32. The molecule has 182 valence electrons. The van der Waals surface area contributed by atoms with Gasteiger partial charge < -0.3 is 14.7 Å². The van der Waals surface area contributed by atoms with Gasteiger partial charge in [-0.1, -0.05) is 18.2 Å². The summed E-state index contributed by atoms with van der Waals surface area (Å²) in [7, 11) is -3.50. The maximum absolute atomic E-state index is 13.2. The standard InChI is InChI=1S/C24H35N3O4S2/c1-23(2)18-25(13-14-31-23)16-21-17-26(33(29,30)22-6-5-15-32-22)11-12-27(21)20-9-7-19(8-10-20)24(3,4)28/h5-10,15,21,28H,11-14,16-18H2,1-4H3/t21-/m0/s1. The molecule has 1 atom stereocenters. The summed E-state index contributed by atoms with van der Waals surface area (Å²) in [6, 6.07) is 11.5. The van der Waals surface area contributed by atoms with E-state index in [4.69, 9.17) is 4.74 Å². The average molecular weight is 494 g/mol. The van der Waals surface area contributed by atoms with Crippen LogP contribution in [0.4, 0.5) is 5.69 Å². The predicted molar refractivity (Wildman–Crippen MR) is 132 cm³/mol. The van der Waals surface area contributed by atoms with Gasteiger partial charge in [0.2, 0.25) is 0 Å². The summed E-state index contributed by atoms with van der Waals surface area (Å²) in [6.07, 6.45) is 0. The molecule has 4 rings (SSSR count). The zero-order chi connectivity index (χ0) is 23.9. The van der Waals surface area contributed by atoms with E-state index in [2.05, 4.69) is 23.6 Å². The van der Waals surface area contributed by atoms with Crippen LogP contribution in [0.3, 0.4) is 0 Å². The lowest BCUT2D eigenvalue weighted by Crippen LogP contribution is -2.60. The maximum atomic E-state index is 13.2. The zero-order valence-corrected chi connectivity index (χ0v) is 21.5. The Morgan fingerprint density at radius 3 is 2.48 bits per heavy atom. The third-order valence-corrected chi connectivity index (χ3v) is 9.65. The first-order valence-electron chi connectivity index (χ1n) is 11.5. The van der Waals surface area contributed by atoms with Gasteiger partial charge in [0.25, 0.3) is 10.0 Å². The van der Waals surface area contributed by atoms with E-state index in [1.807, 2.05) is 24.3 Å². The van der Waals surface area contributed by atoms with Crippen molar-refractivity contribution in [2.75, 3.05) is 50.8 Å². The number of ether oxygens (including phenoxy) is 1. The van der Waals surface area contributed by atoms with Crippen molar-refractivity contribution in [1.82, 2.24) is 9.21 Å². The Morgan fingerprint density at radius 1 is 1.15 bits per heavy atom. The van der Waals surface area contributed by atoms with Crippen molar-refractivity contribution < 1.29 is 18.3 Å². The molecular formula is C24H35N3O4S2. The predicted octanol–water partition coefficient (Wildman–Crippen LogP) is 2.97. The normalized spacial score (nSPS) is 23.1. The molecule has 0 unspecified atom stereocenters. The minimum Gasteiger partial charge on any atom is -0.386 e. The minimum atomic E-state index is -3.50. The molecule has 2 aromatic rings. The monoisotopic (exact) mass is 493 g/mol. The number of piperazine rings is 1. The molecule has 9 heteroatoms. The first kappa shape index (κ1) is 24.6. The molecule has 0 spiro atoms. The summed E-state index contributed by atoms with van der Waals surface area (Å²) in [6.45, 7) is 12.3. The molecule has 3 heterocycles. The highest BCUT2D eigenvalue weighted by Crippen LogP contribution is 2.29. The summed E-state index contributed by atoms with van der Waals surface area (Å²) < 4.78 is 34.4. The third-order valence-electron chi connectivity index (χ3n) is 6.41. The zero-order valence-electron chi connectivity index (χ0n) is 19.9. The van der Waals surface area contributed by atoms with Crippen molar-refractivity contribution in [3.8, 4) is 0 Å². The topological polar surface area (TPSA) is 73.3 Å². The molecule has 0 bridgehead atoms. The molecule has 0 saturated carbocycles. The van der Waals surface area contributed by atoms with Crippen LogP contribution in [-0.4, -0.2) is 80.2 Å². The van der Waals surface area contributed by atoms with E-state index in [1.165, 1.54) is 11.3 Å². The number of benzene rings is 1. The lowest BCUT2D eigenvalue weighted by molar-refractivity contribution is -0.0874. The second-order valence-electron chi connectivity index (χ2n) is 10.1. The molecule has 0 aliphatic carbocycles. The highest BCUT2D eigenvalue weighted by molar-refractivity contribution is 7.91. The molecule has 2 aliphatic rings. The van der Waals surface area contributed by atoms with E-state index < -0.39 is 15.6 Å². The summed E-state index contributed by atoms with van der Waals surface area (Å²) in [5, 5.41) is 12.1. The van der Waals surface area contributed by atoms with Gasteiger partial charge in [0.05, 0.1) is 23.9 Å². The number of nitrogens with zero attached hydrogens (tertiary/aromatic N) is 3. The largest absolute Gasteiger partial charge is 0.386 e. The van der Waals surface area contributed by atoms with Crippen LogP contribution in [0.25, 0.3) is 0 Å². The highest BCUT2D eigenvalue weighted by atomic mass is 32.2. The van der Waals surface area contributed by atoms with Crippen LogP contribution in [0.15, 0.2) is 46.0 Å². The smallest absolute Gasteiger partial charge is 0.252 e. The van der Waals surface area contributed by atoms with E-state index in [0.717, 1.165) is 30.9 Å². The van der Waals surface area contributed by atoms with E-state index >= 15 is 0 Å². The number of aliphatic hydroxyl groups is 1. The fourth-order valence-electron chi connectivity index (χ4n) is 4.71. The molecule has 0 radical (unpaired) electrons. The molecule has 1 aromatic heterocycles. The highest BCUT2D eigenvalue weighted by Gasteiger charge is 2.37. The van der Waals surface area contributed by atoms with E-state index in [0.29, 0.717) is 30.5 Å². The van der Waals surface area contributed by atoms with Crippen LogP contribution in [0, 0.1) is 0 Å². The van der Waals surface area contributed by atoms with Gasteiger partial charge in [-0.3, -0.25) is 4.90 Å². The summed E-state index contributed by atoms with van der Waals surface area (Å²) in [5.74, 6) is 0. The van der Waals surface area contributed by atoms with Crippen molar-refractivity contribution in [2.24, 2.45) is 0 Å². The van der Waals surface area contributed by atoms with E-state index in [1.54, 1.807) is 35.7 Å². The average Bonchev–Trinajstić information content (AvgIpc) is 3.28. The number of rotatable bonds is 6. The minimum absolute atomic E-state index is 0.00961. The van der Waals surface area contributed by atoms with Crippen molar-refractivity contribution in [3.05, 3.63) is 47.3 Å². The van der Waals surface area contributed by atoms with Crippen molar-refractivity contribution in [1.29, 1.82) is 0 Å². The molecule has 2 fully saturated rings. The Bertz CT molecular complexity index is 1030. The number of hydrogen-bond donors (Lipinski definition) is 1. The molecule has 0 amide bonds. The van der Waals surface area contributed by atoms with E-state index in [-0.39, 0.29) is 11.6 Å². The Balaban J connectivity index is 1.59. The lowest BCUT2D eigenvalue weighted by Gasteiger charge is -2.46. The second-order valence-corrected chi connectivity index (χ2v) is 13.2. The molecule has 1 N–H and O–H groups in total. The van der Waals surface area contributed by atoms with Gasteiger partial charge >= 0.3 is 0 Å². The van der Waals surface area contributed by atoms with Crippen LogP contribution in [-0.2, 0) is 20.4 Å². The Labute approximate surface area is 201 Å². The first-order chi connectivity index (χ1) is 15.5. The van der Waals surface area contributed by atoms with Crippen LogP contribution in [0.2, 0.25) is 0 Å². The Kier molecular flexibility index (Phi) is 6.93. The van der Waals surface area contributed by atoms with Gasteiger partial charge in [0.15, 0.2) is 0 Å². The van der Waals surface area contributed by atoms with Gasteiger partial charge in [0, 0.05) is 45.0 Å². The van der Waals surface area contributed by atoms with Crippen LogP contribution < -0.4 is 4.90 Å². The van der Waals surface area contributed by atoms with Crippen molar-refractivity contribution >= 4 is 27.0 Å². The van der Waals surface area contributed by atoms with Crippen molar-refractivity contribution in [3.63, 3.8) is 0 Å². The molecule has 2 saturated heterocycles.